The molecule has 0 radical (unpaired) electrons. The zero-order chi connectivity index (χ0) is 18.2. The average molecular weight is 340 g/mol. The van der Waals surface area contributed by atoms with Crippen LogP contribution in [0.25, 0.3) is 11.0 Å². The van der Waals surface area contributed by atoms with Gasteiger partial charge in [0.05, 0.1) is 16.8 Å². The Labute approximate surface area is 147 Å². The van der Waals surface area contributed by atoms with Crippen LogP contribution in [0.5, 0.6) is 0 Å². The molecule has 1 saturated heterocycles. The molecule has 0 aliphatic carbocycles. The first-order chi connectivity index (χ1) is 11.9. The second-order valence-electron chi connectivity index (χ2n) is 7.22. The first-order valence-corrected chi connectivity index (χ1v) is 8.65. The van der Waals surface area contributed by atoms with Crippen LogP contribution < -0.4 is 10.5 Å². The fourth-order valence-corrected chi connectivity index (χ4v) is 3.31. The Hall–Kier alpha value is -2.39. The van der Waals surface area contributed by atoms with Crippen molar-refractivity contribution in [2.24, 2.45) is 0 Å². The number of fused-ring (bicyclic) bond motifs is 1. The summed E-state index contributed by atoms with van der Waals surface area (Å²) in [5.74, 6) is 0.271. The monoisotopic (exact) mass is 340 g/mol. The van der Waals surface area contributed by atoms with Crippen LogP contribution in [-0.2, 0) is 4.74 Å². The van der Waals surface area contributed by atoms with Crippen molar-refractivity contribution in [3.05, 3.63) is 33.7 Å². The molecule has 0 aromatic carbocycles. The number of aromatic amines is 1. The number of ether oxygens (including phenoxy) is 1. The molecule has 2 aromatic heterocycles. The van der Waals surface area contributed by atoms with Gasteiger partial charge in [-0.1, -0.05) is 13.8 Å². The molecule has 2 aromatic rings. The van der Waals surface area contributed by atoms with Gasteiger partial charge in [0, 0.05) is 25.9 Å². The summed E-state index contributed by atoms with van der Waals surface area (Å²) in [5, 5.41) is 9.57. The van der Waals surface area contributed by atoms with E-state index in [-0.39, 0.29) is 22.6 Å². The third-order valence-corrected chi connectivity index (χ3v) is 5.19. The lowest BCUT2D eigenvalue weighted by atomic mass is 9.92. The number of methoxy groups -OCH3 is 1. The van der Waals surface area contributed by atoms with Gasteiger partial charge >= 0.3 is 0 Å². The highest BCUT2D eigenvalue weighted by atomic mass is 16.5. The molecule has 3 heterocycles. The van der Waals surface area contributed by atoms with E-state index < -0.39 is 0 Å². The summed E-state index contributed by atoms with van der Waals surface area (Å²) in [6, 6.07) is 5.89. The Morgan fingerprint density at radius 3 is 2.60 bits per heavy atom. The second kappa shape index (κ2) is 6.49. The Kier molecular flexibility index (Phi) is 4.53. The van der Waals surface area contributed by atoms with Crippen molar-refractivity contribution < 1.29 is 4.74 Å². The minimum atomic E-state index is -0.357. The molecule has 1 aliphatic heterocycles. The van der Waals surface area contributed by atoms with Crippen molar-refractivity contribution in [1.82, 2.24) is 9.97 Å². The first-order valence-electron chi connectivity index (χ1n) is 8.65. The molecular weight excluding hydrogens is 316 g/mol. The van der Waals surface area contributed by atoms with E-state index in [9.17, 15) is 10.1 Å². The van der Waals surface area contributed by atoms with E-state index >= 15 is 0 Å². The van der Waals surface area contributed by atoms with Crippen molar-refractivity contribution in [3.8, 4) is 6.07 Å². The van der Waals surface area contributed by atoms with Crippen LogP contribution in [0.4, 0.5) is 5.69 Å². The highest BCUT2D eigenvalue weighted by molar-refractivity contribution is 5.91. The molecule has 0 bridgehead atoms. The van der Waals surface area contributed by atoms with Crippen LogP contribution in [0, 0.1) is 11.3 Å². The van der Waals surface area contributed by atoms with Gasteiger partial charge in [0.2, 0.25) is 0 Å². The van der Waals surface area contributed by atoms with Crippen molar-refractivity contribution in [1.29, 1.82) is 5.26 Å². The maximum absolute atomic E-state index is 12.4. The van der Waals surface area contributed by atoms with E-state index in [0.29, 0.717) is 16.7 Å². The number of nitrogens with one attached hydrogen (secondary N) is 1. The number of aromatic nitrogens is 2. The van der Waals surface area contributed by atoms with Gasteiger partial charge in [-0.2, -0.15) is 5.26 Å². The summed E-state index contributed by atoms with van der Waals surface area (Å²) < 4.78 is 5.61. The zero-order valence-corrected chi connectivity index (χ0v) is 15.2. The number of hydrogen-bond donors (Lipinski definition) is 1. The molecule has 0 spiro atoms. The molecule has 0 unspecified atom stereocenters. The maximum atomic E-state index is 12.4. The number of nitrogens with zero attached hydrogens (tertiary/aromatic N) is 3. The summed E-state index contributed by atoms with van der Waals surface area (Å²) in [5.41, 5.74) is 2.60. The van der Waals surface area contributed by atoms with E-state index in [4.69, 9.17) is 9.72 Å². The van der Waals surface area contributed by atoms with Crippen molar-refractivity contribution in [2.45, 2.75) is 45.1 Å². The Balaban J connectivity index is 2.16. The third-order valence-electron chi connectivity index (χ3n) is 5.19. The standard InChI is InChI=1S/C19H24N4O2/c1-12(2)14-5-6-15-16(21-14)17(13(11-20)18(24)22-15)23-9-7-19(3,25-4)8-10-23/h5-6,12H,7-10H2,1-4H3,(H,22,24). The number of anilines is 1. The van der Waals surface area contributed by atoms with Crippen molar-refractivity contribution in [3.63, 3.8) is 0 Å². The van der Waals surface area contributed by atoms with Gasteiger partial charge in [0.15, 0.2) is 0 Å². The van der Waals surface area contributed by atoms with E-state index in [1.165, 1.54) is 0 Å². The number of piperidine rings is 1. The van der Waals surface area contributed by atoms with Gasteiger partial charge < -0.3 is 14.6 Å². The van der Waals surface area contributed by atoms with Gasteiger partial charge in [0.25, 0.3) is 5.56 Å². The second-order valence-corrected chi connectivity index (χ2v) is 7.22. The van der Waals surface area contributed by atoms with E-state index in [2.05, 4.69) is 36.7 Å². The first kappa shape index (κ1) is 17.4. The lowest BCUT2D eigenvalue weighted by Gasteiger charge is -2.39. The minimum Gasteiger partial charge on any atom is -0.378 e. The number of pyridine rings is 2. The lowest BCUT2D eigenvalue weighted by Crippen LogP contribution is -2.44. The Morgan fingerprint density at radius 1 is 1.36 bits per heavy atom. The summed E-state index contributed by atoms with van der Waals surface area (Å²) in [4.78, 5) is 22.0. The summed E-state index contributed by atoms with van der Waals surface area (Å²) in [6.07, 6.45) is 1.68. The largest absolute Gasteiger partial charge is 0.378 e. The summed E-state index contributed by atoms with van der Waals surface area (Å²) in [7, 11) is 1.73. The van der Waals surface area contributed by atoms with Crippen LogP contribution >= 0.6 is 0 Å². The summed E-state index contributed by atoms with van der Waals surface area (Å²) >= 11 is 0. The highest BCUT2D eigenvalue weighted by Crippen LogP contribution is 2.33. The molecule has 1 N–H and O–H groups in total. The normalized spacial score (nSPS) is 17.0. The molecular formula is C19H24N4O2. The van der Waals surface area contributed by atoms with Crippen molar-refractivity contribution in [2.75, 3.05) is 25.1 Å². The van der Waals surface area contributed by atoms with Crippen LogP contribution in [0.3, 0.4) is 0 Å². The molecule has 6 heteroatoms. The van der Waals surface area contributed by atoms with Gasteiger partial charge in [-0.05, 0) is 37.8 Å². The van der Waals surface area contributed by atoms with Crippen LogP contribution in [0.1, 0.15) is 50.8 Å². The zero-order valence-electron chi connectivity index (χ0n) is 15.2. The Morgan fingerprint density at radius 2 is 2.04 bits per heavy atom. The maximum Gasteiger partial charge on any atom is 0.268 e. The number of rotatable bonds is 3. The number of H-pyrrole nitrogens is 1. The quantitative estimate of drug-likeness (QED) is 0.929. The minimum absolute atomic E-state index is 0.141. The molecule has 1 aliphatic rings. The van der Waals surface area contributed by atoms with Crippen LogP contribution in [0.15, 0.2) is 16.9 Å². The molecule has 0 saturated carbocycles. The molecule has 1 fully saturated rings. The van der Waals surface area contributed by atoms with E-state index in [1.54, 1.807) is 7.11 Å². The third kappa shape index (κ3) is 3.12. The molecule has 6 nitrogen and oxygen atoms in total. The lowest BCUT2D eigenvalue weighted by molar-refractivity contribution is -0.0132. The highest BCUT2D eigenvalue weighted by Gasteiger charge is 2.32. The van der Waals surface area contributed by atoms with Crippen molar-refractivity contribution >= 4 is 16.7 Å². The van der Waals surface area contributed by atoms with E-state index in [0.717, 1.165) is 31.6 Å². The average Bonchev–Trinajstić information content (AvgIpc) is 2.61. The molecule has 0 amide bonds. The Bertz CT molecular complexity index is 887. The molecule has 25 heavy (non-hydrogen) atoms. The van der Waals surface area contributed by atoms with Gasteiger partial charge in [-0.25, -0.2) is 4.98 Å². The van der Waals surface area contributed by atoms with E-state index in [1.807, 2.05) is 12.1 Å². The topological polar surface area (TPSA) is 82.0 Å². The molecule has 132 valence electrons. The fraction of sp³-hybridized carbons (Fsp3) is 0.526. The van der Waals surface area contributed by atoms with Gasteiger partial charge in [-0.3, -0.25) is 4.79 Å². The predicted octanol–water partition coefficient (Wildman–Crippen LogP) is 2.92. The molecule has 3 rings (SSSR count). The SMILES string of the molecule is COC1(C)CCN(c2c(C#N)c(=O)[nH]c3ccc(C(C)C)nc23)CC1. The van der Waals surface area contributed by atoms with Gasteiger partial charge in [0.1, 0.15) is 17.1 Å². The predicted molar refractivity (Wildman–Crippen MR) is 98.0 cm³/mol. The molecule has 0 atom stereocenters. The summed E-state index contributed by atoms with van der Waals surface area (Å²) in [6.45, 7) is 7.71. The smallest absolute Gasteiger partial charge is 0.268 e. The van der Waals surface area contributed by atoms with Gasteiger partial charge in [-0.15, -0.1) is 0 Å². The number of hydrogen-bond acceptors (Lipinski definition) is 5. The van der Waals surface area contributed by atoms with Crippen LogP contribution in [-0.4, -0.2) is 35.8 Å². The van der Waals surface area contributed by atoms with Crippen LogP contribution in [0.2, 0.25) is 0 Å². The number of nitriles is 1. The fourth-order valence-electron chi connectivity index (χ4n) is 3.31.